The summed E-state index contributed by atoms with van der Waals surface area (Å²) >= 11 is 0. The summed E-state index contributed by atoms with van der Waals surface area (Å²) in [6.07, 6.45) is 4.26. The Bertz CT molecular complexity index is 328. The number of hydrogen-bond donors (Lipinski definition) is 2. The van der Waals surface area contributed by atoms with Crippen molar-refractivity contribution in [2.24, 2.45) is 0 Å². The highest BCUT2D eigenvalue weighted by molar-refractivity contribution is 5.70. The number of aliphatic hydroxyl groups excluding tert-OH is 1. The summed E-state index contributed by atoms with van der Waals surface area (Å²) in [4.78, 5) is 32.8. The van der Waals surface area contributed by atoms with Crippen molar-refractivity contribution in [1.82, 2.24) is 0 Å². The van der Waals surface area contributed by atoms with E-state index in [2.05, 4.69) is 0 Å². The Morgan fingerprint density at radius 1 is 0.682 bits per heavy atom. The van der Waals surface area contributed by atoms with Crippen molar-refractivity contribution in [1.29, 1.82) is 0 Å². The Balaban J connectivity index is 3.35. The topological polar surface area (TPSA) is 110 Å². The molecule has 0 radical (unpaired) electrons. The van der Waals surface area contributed by atoms with Gasteiger partial charge in [0, 0.05) is 25.9 Å². The lowest BCUT2D eigenvalue weighted by molar-refractivity contribution is -0.145. The first-order chi connectivity index (χ1) is 10.6. The summed E-state index contributed by atoms with van der Waals surface area (Å²) in [5.74, 6) is -1.52. The van der Waals surface area contributed by atoms with Crippen molar-refractivity contribution in [2.45, 2.75) is 57.8 Å². The number of carbonyl (C=O) groups is 3. The first-order valence-electron chi connectivity index (χ1n) is 7.70. The van der Waals surface area contributed by atoms with Crippen molar-refractivity contribution < 1.29 is 34.1 Å². The molecule has 0 unspecified atom stereocenters. The molecule has 0 rings (SSSR count). The number of esters is 2. The third kappa shape index (κ3) is 14.8. The van der Waals surface area contributed by atoms with Gasteiger partial charge < -0.3 is 19.7 Å². The quantitative estimate of drug-likeness (QED) is 0.370. The van der Waals surface area contributed by atoms with Gasteiger partial charge >= 0.3 is 17.9 Å². The van der Waals surface area contributed by atoms with Gasteiger partial charge in [0.15, 0.2) is 0 Å². The minimum Gasteiger partial charge on any atom is -0.481 e. The summed E-state index contributed by atoms with van der Waals surface area (Å²) in [5, 5.41) is 17.0. The normalized spacial score (nSPS) is 10.2. The molecule has 2 N–H and O–H groups in total. The number of aliphatic hydroxyl groups is 1. The van der Waals surface area contributed by atoms with Crippen molar-refractivity contribution in [2.75, 3.05) is 19.8 Å². The fourth-order valence-electron chi connectivity index (χ4n) is 1.67. The highest BCUT2D eigenvalue weighted by atomic mass is 16.5. The van der Waals surface area contributed by atoms with Crippen LogP contribution < -0.4 is 0 Å². The van der Waals surface area contributed by atoms with Gasteiger partial charge in [0.05, 0.1) is 13.2 Å². The van der Waals surface area contributed by atoms with E-state index in [0.29, 0.717) is 38.5 Å². The van der Waals surface area contributed by atoms with Crippen LogP contribution in [0, 0.1) is 0 Å². The molecule has 0 aliphatic carbocycles. The molecule has 0 heterocycles. The SMILES string of the molecule is O=C(O)CCCOC(=O)CCCCOC(=O)CCCCCO. The molecule has 0 saturated heterocycles. The highest BCUT2D eigenvalue weighted by Crippen LogP contribution is 2.03. The molecule has 0 atom stereocenters. The molecule has 0 aromatic rings. The third-order valence-electron chi connectivity index (χ3n) is 2.88. The Hall–Kier alpha value is -1.63. The largest absolute Gasteiger partial charge is 0.481 e. The van der Waals surface area contributed by atoms with E-state index < -0.39 is 5.97 Å². The van der Waals surface area contributed by atoms with E-state index in [-0.39, 0.29) is 44.6 Å². The lowest BCUT2D eigenvalue weighted by Gasteiger charge is -2.05. The molecular weight excluding hydrogens is 292 g/mol. The van der Waals surface area contributed by atoms with E-state index in [1.807, 2.05) is 0 Å². The second kappa shape index (κ2) is 14.3. The number of unbranched alkanes of at least 4 members (excludes halogenated alkanes) is 3. The maximum atomic E-state index is 11.3. The van der Waals surface area contributed by atoms with E-state index in [9.17, 15) is 14.4 Å². The molecule has 0 aliphatic rings. The third-order valence-corrected chi connectivity index (χ3v) is 2.88. The highest BCUT2D eigenvalue weighted by Gasteiger charge is 2.05. The van der Waals surface area contributed by atoms with E-state index in [0.717, 1.165) is 6.42 Å². The minimum absolute atomic E-state index is 0.0124. The van der Waals surface area contributed by atoms with Gasteiger partial charge in [-0.05, 0) is 32.1 Å². The van der Waals surface area contributed by atoms with Crippen LogP contribution in [0.25, 0.3) is 0 Å². The Labute approximate surface area is 130 Å². The number of hydrogen-bond acceptors (Lipinski definition) is 6. The molecule has 0 aromatic heterocycles. The van der Waals surface area contributed by atoms with E-state index in [1.165, 1.54) is 0 Å². The summed E-state index contributed by atoms with van der Waals surface area (Å²) in [6, 6.07) is 0. The van der Waals surface area contributed by atoms with Crippen molar-refractivity contribution >= 4 is 17.9 Å². The Kier molecular flexibility index (Phi) is 13.3. The minimum atomic E-state index is -0.908. The number of rotatable bonds is 14. The van der Waals surface area contributed by atoms with Gasteiger partial charge in [-0.2, -0.15) is 0 Å². The Morgan fingerprint density at radius 2 is 1.23 bits per heavy atom. The van der Waals surface area contributed by atoms with Gasteiger partial charge in [0.1, 0.15) is 0 Å². The summed E-state index contributed by atoms with van der Waals surface area (Å²) in [6.45, 7) is 0.542. The van der Waals surface area contributed by atoms with Crippen LogP contribution in [0.3, 0.4) is 0 Å². The predicted octanol–water partition coefficient (Wildman–Crippen LogP) is 1.66. The van der Waals surface area contributed by atoms with Gasteiger partial charge in [0.25, 0.3) is 0 Å². The fraction of sp³-hybridized carbons (Fsp3) is 0.800. The second-order valence-electron chi connectivity index (χ2n) is 4.93. The van der Waals surface area contributed by atoms with E-state index in [1.54, 1.807) is 0 Å². The lowest BCUT2D eigenvalue weighted by Crippen LogP contribution is -2.09. The standard InChI is InChI=1S/C15H26O7/c16-10-4-1-2-8-14(19)21-11-5-3-9-15(20)22-12-6-7-13(17)18/h16H,1-12H2,(H,17,18). The zero-order valence-electron chi connectivity index (χ0n) is 12.9. The number of carbonyl (C=O) groups excluding carboxylic acids is 2. The number of carboxylic acid groups (broad SMARTS) is 1. The molecule has 0 saturated carbocycles. The van der Waals surface area contributed by atoms with Gasteiger partial charge in [0.2, 0.25) is 0 Å². The van der Waals surface area contributed by atoms with Crippen molar-refractivity contribution in [3.05, 3.63) is 0 Å². The molecule has 0 amide bonds. The average Bonchev–Trinajstić information content (AvgIpc) is 2.47. The van der Waals surface area contributed by atoms with Crippen LogP contribution in [0.1, 0.15) is 57.8 Å². The van der Waals surface area contributed by atoms with Gasteiger partial charge in [-0.3, -0.25) is 14.4 Å². The zero-order valence-corrected chi connectivity index (χ0v) is 12.9. The van der Waals surface area contributed by atoms with Crippen molar-refractivity contribution in [3.8, 4) is 0 Å². The van der Waals surface area contributed by atoms with Crippen LogP contribution in [-0.4, -0.2) is 47.9 Å². The van der Waals surface area contributed by atoms with Gasteiger partial charge in [-0.1, -0.05) is 6.42 Å². The molecule has 128 valence electrons. The maximum absolute atomic E-state index is 11.3. The summed E-state index contributed by atoms with van der Waals surface area (Å²) < 4.78 is 9.88. The molecule has 0 fully saturated rings. The number of carboxylic acids is 1. The number of ether oxygens (including phenoxy) is 2. The molecular formula is C15H26O7. The molecule has 7 heteroatoms. The molecule has 0 spiro atoms. The van der Waals surface area contributed by atoms with Gasteiger partial charge in [-0.25, -0.2) is 0 Å². The smallest absolute Gasteiger partial charge is 0.305 e. The Morgan fingerprint density at radius 3 is 1.77 bits per heavy atom. The van der Waals surface area contributed by atoms with Crippen molar-refractivity contribution in [3.63, 3.8) is 0 Å². The van der Waals surface area contributed by atoms with Crippen LogP contribution in [0.2, 0.25) is 0 Å². The van der Waals surface area contributed by atoms with Crippen LogP contribution in [-0.2, 0) is 23.9 Å². The van der Waals surface area contributed by atoms with Crippen LogP contribution in [0.5, 0.6) is 0 Å². The molecule has 7 nitrogen and oxygen atoms in total. The lowest BCUT2D eigenvalue weighted by atomic mass is 10.2. The van der Waals surface area contributed by atoms with Crippen LogP contribution >= 0.6 is 0 Å². The summed E-state index contributed by atoms with van der Waals surface area (Å²) in [5.41, 5.74) is 0. The molecule has 0 aromatic carbocycles. The van der Waals surface area contributed by atoms with Crippen LogP contribution in [0.15, 0.2) is 0 Å². The average molecular weight is 318 g/mol. The fourth-order valence-corrected chi connectivity index (χ4v) is 1.67. The second-order valence-corrected chi connectivity index (χ2v) is 4.93. The number of aliphatic carboxylic acids is 1. The van der Waals surface area contributed by atoms with Gasteiger partial charge in [-0.15, -0.1) is 0 Å². The zero-order chi connectivity index (χ0) is 16.6. The maximum Gasteiger partial charge on any atom is 0.305 e. The monoisotopic (exact) mass is 318 g/mol. The van der Waals surface area contributed by atoms with Crippen LogP contribution in [0.4, 0.5) is 0 Å². The first-order valence-corrected chi connectivity index (χ1v) is 7.70. The van der Waals surface area contributed by atoms with E-state index in [4.69, 9.17) is 19.7 Å². The van der Waals surface area contributed by atoms with E-state index >= 15 is 0 Å². The molecule has 22 heavy (non-hydrogen) atoms. The summed E-state index contributed by atoms with van der Waals surface area (Å²) in [7, 11) is 0. The first kappa shape index (κ1) is 20.4. The molecule has 0 aliphatic heterocycles. The molecule has 0 bridgehead atoms. The predicted molar refractivity (Wildman–Crippen MR) is 78.2 cm³/mol.